The summed E-state index contributed by atoms with van der Waals surface area (Å²) in [5.41, 5.74) is -0.534. The number of rotatable bonds is 4. The monoisotopic (exact) mass is 363 g/mol. The van der Waals surface area contributed by atoms with Crippen LogP contribution >= 0.6 is 0 Å². The molecule has 5 nitrogen and oxygen atoms in total. The fraction of sp³-hybridized carbons (Fsp3) is 0.278. The lowest BCUT2D eigenvalue weighted by Crippen LogP contribution is -2.28. The molecule has 1 aromatic heterocycles. The van der Waals surface area contributed by atoms with Crippen molar-refractivity contribution in [2.24, 2.45) is 5.92 Å². The third kappa shape index (κ3) is 4.01. The smallest absolute Gasteiger partial charge is 0.336 e. The van der Waals surface area contributed by atoms with Crippen molar-refractivity contribution < 1.29 is 22.8 Å². The molecule has 1 fully saturated rings. The number of hydrogen-bond donors (Lipinski definition) is 1. The summed E-state index contributed by atoms with van der Waals surface area (Å²) in [7, 11) is 0. The third-order valence-corrected chi connectivity index (χ3v) is 4.15. The molecular weight excluding hydrogens is 347 g/mol. The molecule has 1 aliphatic rings. The highest BCUT2D eigenvalue weighted by molar-refractivity contribution is 5.97. The van der Waals surface area contributed by atoms with Gasteiger partial charge in [-0.05, 0) is 24.3 Å². The number of anilines is 1. The Bertz CT molecular complexity index is 809. The van der Waals surface area contributed by atoms with E-state index in [1.165, 1.54) is 23.1 Å². The van der Waals surface area contributed by atoms with Crippen molar-refractivity contribution in [2.45, 2.75) is 19.1 Å². The van der Waals surface area contributed by atoms with E-state index in [9.17, 15) is 22.8 Å². The van der Waals surface area contributed by atoms with Crippen LogP contribution in [-0.4, -0.2) is 28.2 Å². The lowest BCUT2D eigenvalue weighted by molar-refractivity contribution is -0.137. The average Bonchev–Trinajstić information content (AvgIpc) is 2.96. The topological polar surface area (TPSA) is 62.3 Å². The molecule has 1 N–H and O–H groups in total. The number of carbonyl (C=O) groups excluding carboxylic acids is 2. The number of nitrogens with one attached hydrogen (secondary N) is 1. The number of hydrogen-bond acceptors (Lipinski definition) is 3. The quantitative estimate of drug-likeness (QED) is 0.908. The lowest BCUT2D eigenvalue weighted by atomic mass is 10.1. The molecular formula is C18H16F3N3O2. The summed E-state index contributed by atoms with van der Waals surface area (Å²) in [5, 5.41) is 2.31. The summed E-state index contributed by atoms with van der Waals surface area (Å²) in [6.45, 7) is 0.415. The zero-order valence-corrected chi connectivity index (χ0v) is 13.7. The number of amides is 2. The van der Waals surface area contributed by atoms with Gasteiger partial charge in [-0.1, -0.05) is 18.2 Å². The van der Waals surface area contributed by atoms with E-state index in [0.29, 0.717) is 5.69 Å². The van der Waals surface area contributed by atoms with Gasteiger partial charge in [-0.3, -0.25) is 14.6 Å². The Morgan fingerprint density at radius 3 is 2.62 bits per heavy atom. The first-order valence-corrected chi connectivity index (χ1v) is 7.99. The van der Waals surface area contributed by atoms with Crippen molar-refractivity contribution in [1.82, 2.24) is 9.88 Å². The Morgan fingerprint density at radius 2 is 1.92 bits per heavy atom. The fourth-order valence-electron chi connectivity index (χ4n) is 2.86. The molecule has 0 bridgehead atoms. The van der Waals surface area contributed by atoms with Crippen LogP contribution in [0.5, 0.6) is 0 Å². The largest absolute Gasteiger partial charge is 0.418 e. The molecule has 0 saturated carbocycles. The number of pyridine rings is 1. The first kappa shape index (κ1) is 17.9. The molecule has 1 aromatic carbocycles. The van der Waals surface area contributed by atoms with E-state index >= 15 is 0 Å². The number of nitrogens with zero attached hydrogens (tertiary/aromatic N) is 2. The van der Waals surface area contributed by atoms with E-state index in [2.05, 4.69) is 10.3 Å². The minimum atomic E-state index is -4.57. The van der Waals surface area contributed by atoms with E-state index in [-0.39, 0.29) is 31.1 Å². The molecule has 136 valence electrons. The normalized spacial score (nSPS) is 17.4. The lowest BCUT2D eigenvalue weighted by Gasteiger charge is -2.17. The molecule has 2 amide bonds. The minimum absolute atomic E-state index is 0.0349. The van der Waals surface area contributed by atoms with Crippen molar-refractivity contribution in [3.8, 4) is 0 Å². The number of halogens is 3. The van der Waals surface area contributed by atoms with Gasteiger partial charge in [0, 0.05) is 19.2 Å². The van der Waals surface area contributed by atoms with Crippen molar-refractivity contribution >= 4 is 17.5 Å². The van der Waals surface area contributed by atoms with Crippen molar-refractivity contribution in [3.63, 3.8) is 0 Å². The van der Waals surface area contributed by atoms with Crippen LogP contribution < -0.4 is 5.32 Å². The number of para-hydroxylation sites is 1. The van der Waals surface area contributed by atoms with Crippen LogP contribution in [0, 0.1) is 5.92 Å². The molecule has 1 unspecified atom stereocenters. The van der Waals surface area contributed by atoms with Gasteiger partial charge >= 0.3 is 6.18 Å². The molecule has 0 aliphatic carbocycles. The highest BCUT2D eigenvalue weighted by atomic mass is 19.4. The summed E-state index contributed by atoms with van der Waals surface area (Å²) in [5.74, 6) is -1.52. The van der Waals surface area contributed by atoms with Gasteiger partial charge < -0.3 is 10.2 Å². The van der Waals surface area contributed by atoms with Gasteiger partial charge in [0.2, 0.25) is 11.8 Å². The van der Waals surface area contributed by atoms with Crippen LogP contribution in [-0.2, 0) is 22.3 Å². The Hall–Kier alpha value is -2.90. The first-order chi connectivity index (χ1) is 12.3. The molecule has 1 aliphatic heterocycles. The van der Waals surface area contributed by atoms with Crippen molar-refractivity contribution in [3.05, 3.63) is 59.9 Å². The summed E-state index contributed by atoms with van der Waals surface area (Å²) >= 11 is 0. The van der Waals surface area contributed by atoms with Gasteiger partial charge in [0.05, 0.1) is 29.4 Å². The van der Waals surface area contributed by atoms with Crippen LogP contribution in [0.25, 0.3) is 0 Å². The summed E-state index contributed by atoms with van der Waals surface area (Å²) < 4.78 is 39.1. The number of benzene rings is 1. The summed E-state index contributed by atoms with van der Waals surface area (Å²) in [6.07, 6.45) is -3.00. The Kier molecular flexibility index (Phi) is 4.92. The Balaban J connectivity index is 1.68. The van der Waals surface area contributed by atoms with Crippen LogP contribution in [0.4, 0.5) is 18.9 Å². The molecule has 1 saturated heterocycles. The fourth-order valence-corrected chi connectivity index (χ4v) is 2.86. The first-order valence-electron chi connectivity index (χ1n) is 7.99. The van der Waals surface area contributed by atoms with Gasteiger partial charge in [-0.15, -0.1) is 0 Å². The molecule has 2 heterocycles. The van der Waals surface area contributed by atoms with Gasteiger partial charge in [-0.2, -0.15) is 13.2 Å². The second-order valence-electron chi connectivity index (χ2n) is 6.03. The SMILES string of the molecule is O=C(Nc1ccccc1C(F)(F)F)C1CC(=O)N(Cc2ccccn2)C1. The zero-order chi connectivity index (χ0) is 18.7. The Morgan fingerprint density at radius 1 is 1.19 bits per heavy atom. The van der Waals surface area contributed by atoms with E-state index in [4.69, 9.17) is 0 Å². The molecule has 26 heavy (non-hydrogen) atoms. The highest BCUT2D eigenvalue weighted by Crippen LogP contribution is 2.35. The maximum absolute atomic E-state index is 13.0. The average molecular weight is 363 g/mol. The van der Waals surface area contributed by atoms with Crippen LogP contribution in [0.2, 0.25) is 0 Å². The van der Waals surface area contributed by atoms with Gasteiger partial charge in [0.25, 0.3) is 0 Å². The molecule has 0 spiro atoms. The number of likely N-dealkylation sites (tertiary alicyclic amines) is 1. The molecule has 0 radical (unpaired) electrons. The summed E-state index contributed by atoms with van der Waals surface area (Å²) in [4.78, 5) is 30.1. The van der Waals surface area contributed by atoms with Gasteiger partial charge in [-0.25, -0.2) is 0 Å². The second-order valence-corrected chi connectivity index (χ2v) is 6.03. The van der Waals surface area contributed by atoms with Crippen LogP contribution in [0.3, 0.4) is 0 Å². The second kappa shape index (κ2) is 7.15. The standard InChI is InChI=1S/C18H16F3N3O2/c19-18(20,21)14-6-1-2-7-15(14)23-17(26)12-9-16(25)24(10-12)11-13-5-3-4-8-22-13/h1-8,12H,9-11H2,(H,23,26). The number of alkyl halides is 3. The predicted molar refractivity (Wildman–Crippen MR) is 87.8 cm³/mol. The van der Waals surface area contributed by atoms with E-state index in [1.54, 1.807) is 24.4 Å². The molecule has 3 rings (SSSR count). The van der Waals surface area contributed by atoms with Gasteiger partial charge in [0.1, 0.15) is 0 Å². The van der Waals surface area contributed by atoms with Gasteiger partial charge in [0.15, 0.2) is 0 Å². The maximum Gasteiger partial charge on any atom is 0.418 e. The number of carbonyl (C=O) groups is 2. The van der Waals surface area contributed by atoms with Crippen LogP contribution in [0.15, 0.2) is 48.7 Å². The van der Waals surface area contributed by atoms with Crippen molar-refractivity contribution in [2.75, 3.05) is 11.9 Å². The molecule has 2 aromatic rings. The van der Waals surface area contributed by atoms with Crippen molar-refractivity contribution in [1.29, 1.82) is 0 Å². The highest BCUT2D eigenvalue weighted by Gasteiger charge is 2.37. The van der Waals surface area contributed by atoms with E-state index in [1.807, 2.05) is 0 Å². The Labute approximate surface area is 147 Å². The number of aromatic nitrogens is 1. The molecule has 8 heteroatoms. The minimum Gasteiger partial charge on any atom is -0.336 e. The van der Waals surface area contributed by atoms with Crippen LogP contribution in [0.1, 0.15) is 17.7 Å². The zero-order valence-electron chi connectivity index (χ0n) is 13.7. The van der Waals surface area contributed by atoms with E-state index < -0.39 is 23.6 Å². The predicted octanol–water partition coefficient (Wildman–Crippen LogP) is 3.09. The van der Waals surface area contributed by atoms with E-state index in [0.717, 1.165) is 6.07 Å². The maximum atomic E-state index is 13.0. The summed E-state index contributed by atoms with van der Waals surface area (Å²) in [6, 6.07) is 10.1. The third-order valence-electron chi connectivity index (χ3n) is 4.15. The molecule has 1 atom stereocenters.